The molecule has 0 radical (unpaired) electrons. The fraction of sp³-hybridized carbons (Fsp3) is 0.0476. The second kappa shape index (κ2) is 7.62. The van der Waals surface area contributed by atoms with Gasteiger partial charge in [0, 0.05) is 0 Å². The van der Waals surface area contributed by atoms with Gasteiger partial charge in [0.05, 0.1) is 26.6 Å². The number of hydrogen-bond acceptors (Lipinski definition) is 5. The maximum absolute atomic E-state index is 13.2. The third-order valence-corrected chi connectivity index (χ3v) is 5.68. The number of carbonyl (C=O) groups excluding carboxylic acids is 4. The molecule has 1 aliphatic heterocycles. The molecule has 4 rings (SSSR count). The van der Waals surface area contributed by atoms with E-state index in [4.69, 9.17) is 11.6 Å². The number of imide groups is 1. The summed E-state index contributed by atoms with van der Waals surface area (Å²) in [4.78, 5) is 52.2. The number of carbonyl (C=O) groups is 4. The number of amides is 3. The van der Waals surface area contributed by atoms with Gasteiger partial charge in [-0.2, -0.15) is 5.01 Å². The summed E-state index contributed by atoms with van der Waals surface area (Å²) in [7, 11) is 0. The van der Waals surface area contributed by atoms with Crippen molar-refractivity contribution in [3.05, 3.63) is 92.6 Å². The van der Waals surface area contributed by atoms with Gasteiger partial charge in [-0.3, -0.25) is 19.2 Å². The molecule has 1 aromatic heterocycles. The number of benzene rings is 2. The van der Waals surface area contributed by atoms with Gasteiger partial charge in [0.25, 0.3) is 17.7 Å². The Morgan fingerprint density at radius 2 is 1.52 bits per heavy atom. The van der Waals surface area contributed by atoms with Gasteiger partial charge in [-0.1, -0.05) is 41.9 Å². The number of fused-ring (bicyclic) bond motifs is 1. The van der Waals surface area contributed by atoms with Crippen molar-refractivity contribution in [3.63, 3.8) is 0 Å². The minimum atomic E-state index is -0.713. The Morgan fingerprint density at radius 3 is 2.10 bits per heavy atom. The molecule has 0 N–H and O–H groups in total. The highest BCUT2D eigenvalue weighted by Gasteiger charge is 2.42. The normalized spacial score (nSPS) is 12.8. The van der Waals surface area contributed by atoms with Crippen LogP contribution in [0.1, 0.15) is 40.7 Å². The Labute approximate surface area is 174 Å². The van der Waals surface area contributed by atoms with Crippen LogP contribution >= 0.6 is 22.9 Å². The molecule has 3 aromatic rings. The summed E-state index contributed by atoms with van der Waals surface area (Å²) in [5, 5.41) is 3.48. The largest absolute Gasteiger partial charge is 0.291 e. The van der Waals surface area contributed by atoms with Crippen LogP contribution in [0.3, 0.4) is 0 Å². The zero-order chi connectivity index (χ0) is 20.5. The lowest BCUT2D eigenvalue weighted by molar-refractivity contribution is 0.00536. The number of hydrazine groups is 1. The Hall–Kier alpha value is -3.29. The third-order valence-electron chi connectivity index (χ3n) is 4.44. The standard InChI is InChI=1S/C21H13ClN2O4S/c22-16-9-4-3-8-15(16)19(26)23(12-17(25)18-10-5-11-29-18)24-20(27)13-6-1-2-7-14(13)21(24)28/h1-11H,12H2. The van der Waals surface area contributed by atoms with Crippen LogP contribution in [0.15, 0.2) is 66.0 Å². The van der Waals surface area contributed by atoms with Crippen molar-refractivity contribution in [3.8, 4) is 0 Å². The fourth-order valence-electron chi connectivity index (χ4n) is 3.05. The van der Waals surface area contributed by atoms with Crippen LogP contribution in [0, 0.1) is 0 Å². The lowest BCUT2D eigenvalue weighted by Gasteiger charge is -2.29. The molecule has 0 spiro atoms. The summed E-state index contributed by atoms with van der Waals surface area (Å²) < 4.78 is 0. The smallest absolute Gasteiger partial charge is 0.280 e. The van der Waals surface area contributed by atoms with Gasteiger partial charge < -0.3 is 0 Å². The maximum Gasteiger partial charge on any atom is 0.280 e. The van der Waals surface area contributed by atoms with Crippen LogP contribution in [0.2, 0.25) is 5.02 Å². The number of rotatable bonds is 5. The van der Waals surface area contributed by atoms with Crippen LogP contribution in [0.5, 0.6) is 0 Å². The SMILES string of the molecule is O=C(CN(C(=O)c1ccccc1Cl)N1C(=O)c2ccccc2C1=O)c1cccs1. The van der Waals surface area contributed by atoms with Gasteiger partial charge in [0.15, 0.2) is 5.78 Å². The monoisotopic (exact) mass is 424 g/mol. The molecule has 3 amide bonds. The highest BCUT2D eigenvalue weighted by atomic mass is 35.5. The van der Waals surface area contributed by atoms with Gasteiger partial charge >= 0.3 is 0 Å². The third kappa shape index (κ3) is 3.35. The zero-order valence-corrected chi connectivity index (χ0v) is 16.4. The van der Waals surface area contributed by atoms with Crippen LogP contribution in [-0.2, 0) is 0 Å². The van der Waals surface area contributed by atoms with E-state index in [1.807, 2.05) is 0 Å². The summed E-state index contributed by atoms with van der Waals surface area (Å²) in [6.45, 7) is -0.476. The second-order valence-corrected chi connectivity index (χ2v) is 7.57. The lowest BCUT2D eigenvalue weighted by atomic mass is 10.1. The topological polar surface area (TPSA) is 74.8 Å². The summed E-state index contributed by atoms with van der Waals surface area (Å²) >= 11 is 7.36. The first kappa shape index (κ1) is 19.0. The van der Waals surface area contributed by atoms with Crippen LogP contribution in [0.4, 0.5) is 0 Å². The van der Waals surface area contributed by atoms with E-state index in [-0.39, 0.29) is 21.7 Å². The molecule has 6 nitrogen and oxygen atoms in total. The van der Waals surface area contributed by atoms with E-state index in [1.165, 1.54) is 35.6 Å². The molecule has 144 valence electrons. The molecule has 2 aromatic carbocycles. The molecular formula is C21H13ClN2O4S. The molecule has 0 saturated carbocycles. The Balaban J connectivity index is 1.76. The molecule has 0 unspecified atom stereocenters. The quantitative estimate of drug-likeness (QED) is 0.459. The van der Waals surface area contributed by atoms with E-state index in [2.05, 4.69) is 0 Å². The molecule has 0 bridgehead atoms. The van der Waals surface area contributed by atoms with Crippen molar-refractivity contribution in [1.29, 1.82) is 0 Å². The van der Waals surface area contributed by atoms with E-state index in [1.54, 1.807) is 41.8 Å². The summed E-state index contributed by atoms with van der Waals surface area (Å²) in [5.41, 5.74) is 0.445. The molecule has 2 heterocycles. The molecule has 8 heteroatoms. The Morgan fingerprint density at radius 1 is 0.897 bits per heavy atom. The molecule has 0 atom stereocenters. The number of ketones is 1. The second-order valence-electron chi connectivity index (χ2n) is 6.21. The average molecular weight is 425 g/mol. The van der Waals surface area contributed by atoms with E-state index in [0.717, 1.165) is 10.0 Å². The zero-order valence-electron chi connectivity index (χ0n) is 14.9. The van der Waals surface area contributed by atoms with Crippen molar-refractivity contribution in [2.45, 2.75) is 0 Å². The van der Waals surface area contributed by atoms with E-state index < -0.39 is 30.0 Å². The first-order valence-electron chi connectivity index (χ1n) is 8.60. The van der Waals surface area contributed by atoms with Gasteiger partial charge in [0.1, 0.15) is 6.54 Å². The molecule has 0 saturated heterocycles. The molecule has 29 heavy (non-hydrogen) atoms. The lowest BCUT2D eigenvalue weighted by Crippen LogP contribution is -2.51. The molecule has 0 aliphatic carbocycles. The fourth-order valence-corrected chi connectivity index (χ4v) is 3.93. The first-order chi connectivity index (χ1) is 14.0. The van der Waals surface area contributed by atoms with Crippen molar-refractivity contribution >= 4 is 46.4 Å². The highest BCUT2D eigenvalue weighted by Crippen LogP contribution is 2.27. The average Bonchev–Trinajstić information content (AvgIpc) is 3.35. The Bertz CT molecular complexity index is 1110. The van der Waals surface area contributed by atoms with Gasteiger partial charge in [-0.05, 0) is 35.7 Å². The van der Waals surface area contributed by atoms with Crippen LogP contribution < -0.4 is 0 Å². The van der Waals surface area contributed by atoms with Crippen LogP contribution in [0.25, 0.3) is 0 Å². The van der Waals surface area contributed by atoms with Crippen molar-refractivity contribution in [2.24, 2.45) is 0 Å². The van der Waals surface area contributed by atoms with Gasteiger partial charge in [-0.15, -0.1) is 11.3 Å². The molecule has 1 aliphatic rings. The summed E-state index contributed by atoms with van der Waals surface area (Å²) in [5.74, 6) is -2.43. The van der Waals surface area contributed by atoms with Gasteiger partial charge in [-0.25, -0.2) is 5.01 Å². The predicted octanol–water partition coefficient (Wildman–Crippen LogP) is 3.94. The minimum absolute atomic E-state index is 0.0877. The van der Waals surface area contributed by atoms with Crippen LogP contribution in [-0.4, -0.2) is 40.1 Å². The Kier molecular flexibility index (Phi) is 5.00. The highest BCUT2D eigenvalue weighted by molar-refractivity contribution is 7.12. The number of hydrogen-bond donors (Lipinski definition) is 0. The predicted molar refractivity (Wildman–Crippen MR) is 108 cm³/mol. The number of thiophene rings is 1. The number of Topliss-reactive ketones (excluding diaryl/α,β-unsaturated/α-hetero) is 1. The van der Waals surface area contributed by atoms with Crippen molar-refractivity contribution in [1.82, 2.24) is 10.0 Å². The maximum atomic E-state index is 13.2. The first-order valence-corrected chi connectivity index (χ1v) is 9.85. The van der Waals surface area contributed by atoms with E-state index in [0.29, 0.717) is 4.88 Å². The number of nitrogens with zero attached hydrogens (tertiary/aromatic N) is 2. The van der Waals surface area contributed by atoms with Gasteiger partial charge in [0.2, 0.25) is 0 Å². The van der Waals surface area contributed by atoms with E-state index in [9.17, 15) is 19.2 Å². The molecular weight excluding hydrogens is 412 g/mol. The number of halogens is 1. The summed E-state index contributed by atoms with van der Waals surface area (Å²) in [6, 6.07) is 15.9. The summed E-state index contributed by atoms with van der Waals surface area (Å²) in [6.07, 6.45) is 0. The van der Waals surface area contributed by atoms with E-state index >= 15 is 0 Å². The molecule has 0 fully saturated rings. The minimum Gasteiger partial charge on any atom is -0.291 e. The van der Waals surface area contributed by atoms with Crippen molar-refractivity contribution in [2.75, 3.05) is 6.54 Å². The van der Waals surface area contributed by atoms with Crippen molar-refractivity contribution < 1.29 is 19.2 Å².